The highest BCUT2D eigenvalue weighted by atomic mass is 16.5. The number of para-hydroxylation sites is 1. The van der Waals surface area contributed by atoms with Gasteiger partial charge in [-0.15, -0.1) is 0 Å². The van der Waals surface area contributed by atoms with E-state index in [1.54, 1.807) is 38.3 Å². The van der Waals surface area contributed by atoms with Crippen molar-refractivity contribution in [3.63, 3.8) is 0 Å². The molecule has 0 fully saturated rings. The molecule has 0 aromatic heterocycles. The van der Waals surface area contributed by atoms with Gasteiger partial charge in [0.2, 0.25) is 0 Å². The number of benzene rings is 2. The van der Waals surface area contributed by atoms with Crippen molar-refractivity contribution in [2.45, 2.75) is 26.5 Å². The molecule has 24 heavy (non-hydrogen) atoms. The smallest absolute Gasteiger partial charge is 0.265 e. The van der Waals surface area contributed by atoms with Crippen molar-refractivity contribution in [1.82, 2.24) is 5.32 Å². The van der Waals surface area contributed by atoms with Crippen LogP contribution < -0.4 is 20.1 Å². The average Bonchev–Trinajstić information content (AvgIpc) is 2.61. The summed E-state index contributed by atoms with van der Waals surface area (Å²) in [4.78, 5) is 12.4. The number of methoxy groups -OCH3 is 1. The van der Waals surface area contributed by atoms with Gasteiger partial charge < -0.3 is 20.1 Å². The highest BCUT2D eigenvalue weighted by Gasteiger charge is 2.16. The number of carbonyl (C=O) groups excluding carboxylic acids is 1. The molecule has 0 saturated carbocycles. The van der Waals surface area contributed by atoms with Gasteiger partial charge in [-0.25, -0.2) is 0 Å². The Labute approximate surface area is 143 Å². The van der Waals surface area contributed by atoms with Gasteiger partial charge in [0.05, 0.1) is 7.11 Å². The Kier molecular flexibility index (Phi) is 6.63. The minimum atomic E-state index is -0.606. The lowest BCUT2D eigenvalue weighted by Gasteiger charge is -2.17. The first-order chi connectivity index (χ1) is 11.6. The van der Waals surface area contributed by atoms with Crippen molar-refractivity contribution in [2.75, 3.05) is 19.0 Å². The molecule has 128 valence electrons. The van der Waals surface area contributed by atoms with Crippen LogP contribution in [0.15, 0.2) is 48.5 Å². The molecule has 1 unspecified atom stereocenters. The average molecular weight is 328 g/mol. The molecular weight excluding hydrogens is 304 g/mol. The second-order valence-electron chi connectivity index (χ2n) is 5.36. The Balaban J connectivity index is 1.98. The molecule has 5 heteroatoms. The van der Waals surface area contributed by atoms with Crippen LogP contribution in [0, 0.1) is 0 Å². The lowest BCUT2D eigenvalue weighted by molar-refractivity contribution is -0.122. The van der Waals surface area contributed by atoms with Gasteiger partial charge >= 0.3 is 0 Å². The van der Waals surface area contributed by atoms with E-state index in [2.05, 4.69) is 10.6 Å². The van der Waals surface area contributed by atoms with Crippen molar-refractivity contribution >= 4 is 11.6 Å². The van der Waals surface area contributed by atoms with Gasteiger partial charge in [-0.05, 0) is 49.4 Å². The van der Waals surface area contributed by atoms with Gasteiger partial charge in [-0.1, -0.05) is 25.1 Å². The van der Waals surface area contributed by atoms with E-state index >= 15 is 0 Å². The number of anilines is 1. The van der Waals surface area contributed by atoms with Crippen LogP contribution in [0.3, 0.4) is 0 Å². The van der Waals surface area contributed by atoms with Crippen LogP contribution in [0.2, 0.25) is 0 Å². The summed E-state index contributed by atoms with van der Waals surface area (Å²) in [6, 6.07) is 14.9. The number of rotatable bonds is 8. The molecule has 2 N–H and O–H groups in total. The molecule has 0 spiro atoms. The molecular formula is C19H24N2O3. The van der Waals surface area contributed by atoms with Gasteiger partial charge in [0.25, 0.3) is 5.91 Å². The third-order valence-corrected chi connectivity index (χ3v) is 3.58. The van der Waals surface area contributed by atoms with Crippen molar-refractivity contribution in [3.8, 4) is 11.5 Å². The fourth-order valence-corrected chi connectivity index (χ4v) is 2.20. The Morgan fingerprint density at radius 1 is 1.08 bits per heavy atom. The molecule has 0 aliphatic rings. The predicted octanol–water partition coefficient (Wildman–Crippen LogP) is 3.21. The summed E-state index contributed by atoms with van der Waals surface area (Å²) in [5.41, 5.74) is 1.85. The van der Waals surface area contributed by atoms with E-state index in [0.29, 0.717) is 12.3 Å². The zero-order valence-corrected chi connectivity index (χ0v) is 14.3. The number of ether oxygens (including phenoxy) is 2. The Bertz CT molecular complexity index is 656. The Hall–Kier alpha value is -2.53. The number of hydrogen-bond acceptors (Lipinski definition) is 4. The summed E-state index contributed by atoms with van der Waals surface area (Å²) in [5.74, 6) is 1.19. The summed E-state index contributed by atoms with van der Waals surface area (Å²) in [6.07, 6.45) is -0.606. The fraction of sp³-hybridized carbons (Fsp3) is 0.316. The van der Waals surface area contributed by atoms with E-state index in [1.165, 1.54) is 0 Å². The van der Waals surface area contributed by atoms with Gasteiger partial charge in [0.1, 0.15) is 11.5 Å². The van der Waals surface area contributed by atoms with Crippen molar-refractivity contribution in [3.05, 3.63) is 54.1 Å². The van der Waals surface area contributed by atoms with Gasteiger partial charge in [-0.2, -0.15) is 0 Å². The molecule has 2 aromatic carbocycles. The summed E-state index contributed by atoms with van der Waals surface area (Å²) < 4.78 is 10.8. The van der Waals surface area contributed by atoms with Crippen molar-refractivity contribution in [1.29, 1.82) is 0 Å². The highest BCUT2D eigenvalue weighted by Crippen LogP contribution is 2.19. The quantitative estimate of drug-likeness (QED) is 0.781. The van der Waals surface area contributed by atoms with Crippen molar-refractivity contribution in [2.24, 2.45) is 0 Å². The third-order valence-electron chi connectivity index (χ3n) is 3.58. The first-order valence-corrected chi connectivity index (χ1v) is 8.04. The third kappa shape index (κ3) is 4.99. The zero-order chi connectivity index (χ0) is 17.4. The number of nitrogens with one attached hydrogen (secondary N) is 2. The lowest BCUT2D eigenvalue weighted by Crippen LogP contribution is -2.30. The van der Waals surface area contributed by atoms with Crippen LogP contribution in [0.1, 0.15) is 19.4 Å². The van der Waals surface area contributed by atoms with Gasteiger partial charge in [0.15, 0.2) is 6.10 Å². The fourth-order valence-electron chi connectivity index (χ4n) is 2.20. The molecule has 5 nitrogen and oxygen atoms in total. The molecule has 0 saturated heterocycles. The number of amides is 1. The minimum absolute atomic E-state index is 0.185. The molecule has 0 radical (unpaired) electrons. The van der Waals surface area contributed by atoms with Gasteiger partial charge in [-0.3, -0.25) is 4.79 Å². The molecule has 0 bridgehead atoms. The van der Waals surface area contributed by atoms with E-state index < -0.39 is 6.10 Å². The van der Waals surface area contributed by atoms with E-state index in [-0.39, 0.29) is 5.91 Å². The maximum atomic E-state index is 12.4. The Morgan fingerprint density at radius 3 is 2.42 bits per heavy atom. The second kappa shape index (κ2) is 8.93. The largest absolute Gasteiger partial charge is 0.497 e. The Morgan fingerprint density at radius 2 is 1.75 bits per heavy atom. The molecule has 0 aliphatic heterocycles. The number of carbonyl (C=O) groups is 1. The van der Waals surface area contributed by atoms with E-state index in [1.807, 2.05) is 31.2 Å². The first kappa shape index (κ1) is 17.8. The molecule has 0 heterocycles. The van der Waals surface area contributed by atoms with Crippen LogP contribution in [0.5, 0.6) is 11.5 Å². The lowest BCUT2D eigenvalue weighted by atomic mass is 10.1. The van der Waals surface area contributed by atoms with Gasteiger partial charge in [0, 0.05) is 12.2 Å². The monoisotopic (exact) mass is 328 g/mol. The van der Waals surface area contributed by atoms with E-state index in [4.69, 9.17) is 9.47 Å². The van der Waals surface area contributed by atoms with Crippen LogP contribution >= 0.6 is 0 Å². The second-order valence-corrected chi connectivity index (χ2v) is 5.36. The first-order valence-electron chi connectivity index (χ1n) is 8.04. The van der Waals surface area contributed by atoms with Crippen LogP contribution in [-0.2, 0) is 11.3 Å². The molecule has 0 aliphatic carbocycles. The topological polar surface area (TPSA) is 59.6 Å². The highest BCUT2D eigenvalue weighted by molar-refractivity contribution is 5.94. The maximum Gasteiger partial charge on any atom is 0.265 e. The summed E-state index contributed by atoms with van der Waals surface area (Å²) in [5, 5.41) is 6.20. The molecule has 2 aromatic rings. The number of hydrogen-bond donors (Lipinski definition) is 2. The SMILES string of the molecule is CCNCc1ccccc1NC(=O)C(C)Oc1ccc(OC)cc1. The maximum absolute atomic E-state index is 12.4. The van der Waals surface area contributed by atoms with Crippen LogP contribution in [0.25, 0.3) is 0 Å². The standard InChI is InChI=1S/C19H24N2O3/c1-4-20-13-15-7-5-6-8-18(15)21-19(22)14(2)24-17-11-9-16(23-3)10-12-17/h5-12,14,20H,4,13H2,1-3H3,(H,21,22). The molecule has 1 atom stereocenters. The molecule has 2 rings (SSSR count). The van der Waals surface area contributed by atoms with Crippen LogP contribution in [0.4, 0.5) is 5.69 Å². The zero-order valence-electron chi connectivity index (χ0n) is 14.3. The van der Waals surface area contributed by atoms with E-state index in [9.17, 15) is 4.79 Å². The molecule has 1 amide bonds. The van der Waals surface area contributed by atoms with E-state index in [0.717, 1.165) is 23.5 Å². The summed E-state index contributed by atoms with van der Waals surface area (Å²) in [7, 11) is 1.61. The predicted molar refractivity (Wildman–Crippen MR) is 95.5 cm³/mol. The normalized spacial score (nSPS) is 11.6. The minimum Gasteiger partial charge on any atom is -0.497 e. The van der Waals surface area contributed by atoms with Crippen molar-refractivity contribution < 1.29 is 14.3 Å². The summed E-state index contributed by atoms with van der Waals surface area (Å²) in [6.45, 7) is 5.36. The van der Waals surface area contributed by atoms with Crippen LogP contribution in [-0.4, -0.2) is 25.7 Å². The summed E-state index contributed by atoms with van der Waals surface area (Å²) >= 11 is 0.